The van der Waals surface area contributed by atoms with Crippen molar-refractivity contribution in [3.05, 3.63) is 42.5 Å². The molecule has 1 fully saturated rings. The Labute approximate surface area is 157 Å². The molecule has 2 N–H and O–H groups in total. The van der Waals surface area contributed by atoms with Crippen molar-refractivity contribution in [2.24, 2.45) is 0 Å². The largest absolute Gasteiger partial charge is 0.364 e. The number of sulfonamides is 1. The first kappa shape index (κ1) is 17.8. The van der Waals surface area contributed by atoms with Crippen molar-refractivity contribution in [3.63, 3.8) is 0 Å². The van der Waals surface area contributed by atoms with Crippen LogP contribution in [0.25, 0.3) is 11.2 Å². The molecule has 3 heterocycles. The summed E-state index contributed by atoms with van der Waals surface area (Å²) in [5.74, 6) is 0.659. The van der Waals surface area contributed by atoms with Gasteiger partial charge in [-0.2, -0.15) is 4.31 Å². The fourth-order valence-electron chi connectivity index (χ4n) is 3.04. The van der Waals surface area contributed by atoms with Crippen LogP contribution in [0.1, 0.15) is 5.56 Å². The van der Waals surface area contributed by atoms with Gasteiger partial charge in [0, 0.05) is 32.7 Å². The third-order valence-electron chi connectivity index (χ3n) is 4.71. The van der Waals surface area contributed by atoms with Crippen molar-refractivity contribution in [1.29, 1.82) is 0 Å². The van der Waals surface area contributed by atoms with Crippen LogP contribution in [-0.4, -0.2) is 70.8 Å². The van der Waals surface area contributed by atoms with Crippen LogP contribution in [0.3, 0.4) is 0 Å². The maximum Gasteiger partial charge on any atom is 0.243 e. The molecule has 1 aliphatic rings. The van der Waals surface area contributed by atoms with Crippen LogP contribution in [0.4, 0.5) is 5.82 Å². The highest BCUT2D eigenvalue weighted by Gasteiger charge is 2.27. The smallest absolute Gasteiger partial charge is 0.243 e. The van der Waals surface area contributed by atoms with E-state index >= 15 is 0 Å². The molecule has 27 heavy (non-hydrogen) atoms. The van der Waals surface area contributed by atoms with Crippen LogP contribution < -0.4 is 5.32 Å². The minimum Gasteiger partial charge on any atom is -0.364 e. The number of anilines is 1. The molecule has 0 spiro atoms. The van der Waals surface area contributed by atoms with E-state index in [0.29, 0.717) is 36.0 Å². The van der Waals surface area contributed by atoms with Gasteiger partial charge in [-0.25, -0.2) is 23.4 Å². The summed E-state index contributed by atoms with van der Waals surface area (Å²) in [6.07, 6.45) is 3.03. The van der Waals surface area contributed by atoms with Gasteiger partial charge in [0.1, 0.15) is 11.8 Å². The van der Waals surface area contributed by atoms with Gasteiger partial charge < -0.3 is 15.2 Å². The number of hydrogen-bond donors (Lipinski definition) is 2. The molecule has 0 bridgehead atoms. The lowest BCUT2D eigenvalue weighted by Gasteiger charge is -2.31. The Balaban J connectivity index is 1.45. The lowest BCUT2D eigenvalue weighted by molar-refractivity contribution is 0.222. The molecule has 2 aromatic heterocycles. The van der Waals surface area contributed by atoms with Crippen LogP contribution in [0.15, 0.2) is 41.8 Å². The summed E-state index contributed by atoms with van der Waals surface area (Å²) in [6.45, 7) is 3.07. The molecule has 0 aliphatic carbocycles. The summed E-state index contributed by atoms with van der Waals surface area (Å²) < 4.78 is 27.1. The standard InChI is InChI=1S/C17H21N7O2S/c1-23-6-8-24(9-7-23)27(25,26)14-4-2-13(3-5-14)10-18-16-15-17(20-11-19-15)22-12-21-16/h2-5,11-12H,6-10H2,1H3,(H2,18,19,20,21,22). The van der Waals surface area contributed by atoms with E-state index in [1.54, 1.807) is 22.8 Å². The number of likely N-dealkylation sites (N-methyl/N-ethyl adjacent to an activating group) is 1. The number of aromatic amines is 1. The van der Waals surface area contributed by atoms with E-state index < -0.39 is 10.0 Å². The van der Waals surface area contributed by atoms with Crippen molar-refractivity contribution in [3.8, 4) is 0 Å². The second-order valence-electron chi connectivity index (χ2n) is 6.53. The highest BCUT2D eigenvalue weighted by molar-refractivity contribution is 7.89. The van der Waals surface area contributed by atoms with Gasteiger partial charge in [-0.1, -0.05) is 12.1 Å². The molecule has 10 heteroatoms. The Morgan fingerprint density at radius 3 is 2.56 bits per heavy atom. The number of imidazole rings is 1. The van der Waals surface area contributed by atoms with E-state index in [2.05, 4.69) is 30.2 Å². The number of hydrogen-bond acceptors (Lipinski definition) is 7. The average molecular weight is 387 g/mol. The van der Waals surface area contributed by atoms with Crippen LogP contribution >= 0.6 is 0 Å². The van der Waals surface area contributed by atoms with E-state index in [1.165, 1.54) is 6.33 Å². The molecular formula is C17H21N7O2S. The number of rotatable bonds is 5. The summed E-state index contributed by atoms with van der Waals surface area (Å²) >= 11 is 0. The Kier molecular flexibility index (Phi) is 4.77. The van der Waals surface area contributed by atoms with E-state index in [0.717, 1.165) is 24.2 Å². The van der Waals surface area contributed by atoms with Crippen LogP contribution in [0.2, 0.25) is 0 Å². The zero-order valence-electron chi connectivity index (χ0n) is 15.0. The Bertz CT molecular complexity index is 1020. The Morgan fingerprint density at radius 2 is 1.81 bits per heavy atom. The Hall–Kier alpha value is -2.56. The first-order valence-corrected chi connectivity index (χ1v) is 10.1. The molecule has 0 saturated carbocycles. The molecule has 0 atom stereocenters. The predicted octanol–water partition coefficient (Wildman–Crippen LogP) is 0.901. The van der Waals surface area contributed by atoms with E-state index in [-0.39, 0.29) is 0 Å². The van der Waals surface area contributed by atoms with Crippen molar-refractivity contribution in [2.45, 2.75) is 11.4 Å². The maximum atomic E-state index is 12.8. The van der Waals surface area contributed by atoms with Gasteiger partial charge in [-0.15, -0.1) is 0 Å². The number of benzene rings is 1. The molecular weight excluding hydrogens is 366 g/mol. The van der Waals surface area contributed by atoms with E-state index in [9.17, 15) is 8.42 Å². The third-order valence-corrected chi connectivity index (χ3v) is 6.62. The number of aromatic nitrogens is 4. The van der Waals surface area contributed by atoms with Crippen LogP contribution in [0, 0.1) is 0 Å². The molecule has 3 aromatic rings. The number of nitrogens with zero attached hydrogens (tertiary/aromatic N) is 5. The lowest BCUT2D eigenvalue weighted by atomic mass is 10.2. The predicted molar refractivity (Wildman–Crippen MR) is 102 cm³/mol. The molecule has 1 saturated heterocycles. The van der Waals surface area contributed by atoms with Gasteiger partial charge in [-0.05, 0) is 24.7 Å². The Morgan fingerprint density at radius 1 is 1.07 bits per heavy atom. The minimum atomic E-state index is -3.44. The lowest BCUT2D eigenvalue weighted by Crippen LogP contribution is -2.46. The summed E-state index contributed by atoms with van der Waals surface area (Å²) in [5, 5.41) is 3.23. The summed E-state index contributed by atoms with van der Waals surface area (Å²) in [4.78, 5) is 17.9. The summed E-state index contributed by atoms with van der Waals surface area (Å²) in [7, 11) is -1.44. The quantitative estimate of drug-likeness (QED) is 0.670. The highest BCUT2D eigenvalue weighted by Crippen LogP contribution is 2.19. The monoisotopic (exact) mass is 387 g/mol. The molecule has 1 aromatic carbocycles. The number of H-pyrrole nitrogens is 1. The molecule has 0 radical (unpaired) electrons. The zero-order chi connectivity index (χ0) is 18.9. The zero-order valence-corrected chi connectivity index (χ0v) is 15.8. The average Bonchev–Trinajstić information content (AvgIpc) is 3.16. The topological polar surface area (TPSA) is 107 Å². The SMILES string of the molecule is CN1CCN(S(=O)(=O)c2ccc(CNc3ncnc4nc[nH]c34)cc2)CC1. The summed E-state index contributed by atoms with van der Waals surface area (Å²) in [6, 6.07) is 6.97. The summed E-state index contributed by atoms with van der Waals surface area (Å²) in [5.41, 5.74) is 2.30. The molecule has 1 aliphatic heterocycles. The molecule has 0 unspecified atom stereocenters. The van der Waals surface area contributed by atoms with Crippen molar-refractivity contribution >= 4 is 27.0 Å². The molecule has 142 valence electrons. The fraction of sp³-hybridized carbons (Fsp3) is 0.353. The minimum absolute atomic E-state index is 0.328. The van der Waals surface area contributed by atoms with Crippen molar-refractivity contribution < 1.29 is 8.42 Å². The van der Waals surface area contributed by atoms with Gasteiger partial charge in [0.25, 0.3) is 0 Å². The molecule has 9 nitrogen and oxygen atoms in total. The highest BCUT2D eigenvalue weighted by atomic mass is 32.2. The number of fused-ring (bicyclic) bond motifs is 1. The second kappa shape index (κ2) is 7.22. The van der Waals surface area contributed by atoms with E-state index in [4.69, 9.17) is 0 Å². The van der Waals surface area contributed by atoms with Gasteiger partial charge in [0.2, 0.25) is 10.0 Å². The molecule has 4 rings (SSSR count). The third kappa shape index (κ3) is 3.64. The maximum absolute atomic E-state index is 12.8. The number of piperazine rings is 1. The fourth-order valence-corrected chi connectivity index (χ4v) is 4.46. The van der Waals surface area contributed by atoms with Gasteiger partial charge in [-0.3, -0.25) is 0 Å². The first-order valence-electron chi connectivity index (χ1n) is 8.69. The first-order chi connectivity index (χ1) is 13.0. The van der Waals surface area contributed by atoms with Crippen LogP contribution in [0.5, 0.6) is 0 Å². The van der Waals surface area contributed by atoms with Gasteiger partial charge in [0.05, 0.1) is 11.2 Å². The second-order valence-corrected chi connectivity index (χ2v) is 8.47. The van der Waals surface area contributed by atoms with Crippen molar-refractivity contribution in [1.82, 2.24) is 29.1 Å². The van der Waals surface area contributed by atoms with E-state index in [1.807, 2.05) is 19.2 Å². The van der Waals surface area contributed by atoms with Gasteiger partial charge in [0.15, 0.2) is 11.5 Å². The normalized spacial score (nSPS) is 16.6. The van der Waals surface area contributed by atoms with Crippen molar-refractivity contribution in [2.75, 3.05) is 38.5 Å². The van der Waals surface area contributed by atoms with Gasteiger partial charge >= 0.3 is 0 Å². The number of nitrogens with one attached hydrogen (secondary N) is 2. The molecule has 0 amide bonds. The van der Waals surface area contributed by atoms with Crippen LogP contribution in [-0.2, 0) is 16.6 Å².